The average molecular weight is 384 g/mol. The van der Waals surface area contributed by atoms with Crippen LogP contribution in [-0.2, 0) is 0 Å². The molecule has 27 heavy (non-hydrogen) atoms. The molecule has 1 amide bonds. The van der Waals surface area contributed by atoms with Crippen molar-refractivity contribution < 1.29 is 14.5 Å². The van der Waals surface area contributed by atoms with E-state index >= 15 is 0 Å². The summed E-state index contributed by atoms with van der Waals surface area (Å²) in [6.07, 6.45) is 1.50. The smallest absolute Gasteiger partial charge is 0.288 e. The molecule has 0 saturated heterocycles. The van der Waals surface area contributed by atoms with E-state index in [4.69, 9.17) is 16.3 Å². The number of methoxy groups -OCH3 is 1. The molecule has 0 unspecified atom stereocenters. The number of rotatable bonds is 5. The number of ether oxygens (including phenoxy) is 1. The molecule has 0 saturated carbocycles. The lowest BCUT2D eigenvalue weighted by atomic mass is 10.0. The normalized spacial score (nSPS) is 10.9. The van der Waals surface area contributed by atoms with E-state index in [1.54, 1.807) is 7.11 Å². The zero-order chi connectivity index (χ0) is 19.4. The molecule has 0 aliphatic rings. The number of hydrazone groups is 1. The lowest BCUT2D eigenvalue weighted by Crippen LogP contribution is -2.17. The van der Waals surface area contributed by atoms with E-state index in [-0.39, 0.29) is 16.3 Å². The number of nitrogens with one attached hydrogen (secondary N) is 1. The highest BCUT2D eigenvalue weighted by Gasteiger charge is 2.16. The minimum absolute atomic E-state index is 0.0373. The Hall–Kier alpha value is -3.45. The second-order valence-corrected chi connectivity index (χ2v) is 5.93. The third-order valence-corrected chi connectivity index (χ3v) is 4.23. The first-order valence-corrected chi connectivity index (χ1v) is 8.22. The predicted molar refractivity (Wildman–Crippen MR) is 104 cm³/mol. The lowest BCUT2D eigenvalue weighted by molar-refractivity contribution is -0.384. The Bertz CT molecular complexity index is 1070. The summed E-state index contributed by atoms with van der Waals surface area (Å²) in [6, 6.07) is 15.1. The van der Waals surface area contributed by atoms with Gasteiger partial charge in [-0.2, -0.15) is 5.10 Å². The minimum atomic E-state index is -0.647. The third kappa shape index (κ3) is 3.88. The molecule has 0 bridgehead atoms. The molecule has 0 aliphatic carbocycles. The van der Waals surface area contributed by atoms with Crippen LogP contribution in [0, 0.1) is 10.1 Å². The van der Waals surface area contributed by atoms with E-state index in [1.165, 1.54) is 18.3 Å². The van der Waals surface area contributed by atoms with E-state index in [0.29, 0.717) is 0 Å². The molecule has 1 N–H and O–H groups in total. The van der Waals surface area contributed by atoms with Gasteiger partial charge in [0.15, 0.2) is 0 Å². The summed E-state index contributed by atoms with van der Waals surface area (Å²) in [5, 5.41) is 16.7. The first kappa shape index (κ1) is 18.3. The molecule has 0 spiro atoms. The fourth-order valence-corrected chi connectivity index (χ4v) is 2.79. The largest absolute Gasteiger partial charge is 0.496 e. The summed E-state index contributed by atoms with van der Waals surface area (Å²) in [5.74, 6) is 0.157. The van der Waals surface area contributed by atoms with Gasteiger partial charge in [-0.05, 0) is 29.7 Å². The molecule has 0 heterocycles. The Labute approximate surface area is 159 Å². The van der Waals surface area contributed by atoms with Crippen LogP contribution in [-0.4, -0.2) is 24.2 Å². The van der Waals surface area contributed by atoms with Gasteiger partial charge in [-0.25, -0.2) is 5.43 Å². The fraction of sp³-hybridized carbons (Fsp3) is 0.0526. The number of benzene rings is 3. The molecule has 3 aromatic rings. The van der Waals surface area contributed by atoms with Gasteiger partial charge >= 0.3 is 0 Å². The fourth-order valence-electron chi connectivity index (χ4n) is 2.60. The molecule has 0 radical (unpaired) electrons. The highest BCUT2D eigenvalue weighted by atomic mass is 35.5. The van der Waals surface area contributed by atoms with Crippen molar-refractivity contribution in [3.8, 4) is 5.75 Å². The van der Waals surface area contributed by atoms with Crippen LogP contribution >= 0.6 is 11.6 Å². The van der Waals surface area contributed by atoms with Crippen LogP contribution in [0.3, 0.4) is 0 Å². The van der Waals surface area contributed by atoms with E-state index in [0.717, 1.165) is 28.2 Å². The number of carbonyl (C=O) groups is 1. The van der Waals surface area contributed by atoms with Crippen molar-refractivity contribution in [3.05, 3.63) is 80.9 Å². The number of nitro benzene ring substituents is 1. The molecule has 136 valence electrons. The number of nitro groups is 1. The molecule has 3 aromatic carbocycles. The van der Waals surface area contributed by atoms with Crippen molar-refractivity contribution in [2.75, 3.05) is 7.11 Å². The van der Waals surface area contributed by atoms with Gasteiger partial charge in [0, 0.05) is 22.6 Å². The third-order valence-electron chi connectivity index (χ3n) is 3.91. The SMILES string of the molecule is COc1ccc(C=NNC(=O)c2ccc(Cl)c([N+](=O)[O-])c2)c2ccccc12. The Morgan fingerprint density at radius 2 is 1.93 bits per heavy atom. The van der Waals surface area contributed by atoms with Gasteiger partial charge in [0.05, 0.1) is 18.2 Å². The Kier molecular flexibility index (Phi) is 5.33. The van der Waals surface area contributed by atoms with Gasteiger partial charge in [-0.3, -0.25) is 14.9 Å². The molecule has 0 atom stereocenters. The summed E-state index contributed by atoms with van der Waals surface area (Å²) in [7, 11) is 1.60. The summed E-state index contributed by atoms with van der Waals surface area (Å²) in [6.45, 7) is 0. The molecule has 3 rings (SSSR count). The Morgan fingerprint density at radius 3 is 2.63 bits per heavy atom. The molecular weight excluding hydrogens is 370 g/mol. The maximum absolute atomic E-state index is 12.2. The van der Waals surface area contributed by atoms with Gasteiger partial charge in [0.2, 0.25) is 0 Å². The number of hydrogen-bond donors (Lipinski definition) is 1. The highest BCUT2D eigenvalue weighted by molar-refractivity contribution is 6.32. The van der Waals surface area contributed by atoms with Gasteiger partial charge < -0.3 is 4.74 Å². The quantitative estimate of drug-likeness (QED) is 0.406. The number of carbonyl (C=O) groups excluding carboxylic acids is 1. The molecule has 0 fully saturated rings. The van der Waals surface area contributed by atoms with Gasteiger partial charge in [0.1, 0.15) is 10.8 Å². The van der Waals surface area contributed by atoms with Crippen molar-refractivity contribution >= 4 is 40.2 Å². The lowest BCUT2D eigenvalue weighted by Gasteiger charge is -2.07. The van der Waals surface area contributed by atoms with Crippen molar-refractivity contribution in [1.82, 2.24) is 5.43 Å². The van der Waals surface area contributed by atoms with Gasteiger partial charge in [-0.1, -0.05) is 35.9 Å². The van der Waals surface area contributed by atoms with Crippen molar-refractivity contribution in [2.45, 2.75) is 0 Å². The molecular formula is C19H14ClN3O4. The number of nitrogens with zero attached hydrogens (tertiary/aromatic N) is 2. The van der Waals surface area contributed by atoms with Crippen LogP contribution in [0.2, 0.25) is 5.02 Å². The number of amides is 1. The van der Waals surface area contributed by atoms with Gasteiger partial charge in [0.25, 0.3) is 11.6 Å². The number of fused-ring (bicyclic) bond motifs is 1. The van der Waals surface area contributed by atoms with E-state index in [1.807, 2.05) is 36.4 Å². The van der Waals surface area contributed by atoms with Crippen molar-refractivity contribution in [1.29, 1.82) is 0 Å². The summed E-state index contributed by atoms with van der Waals surface area (Å²) < 4.78 is 5.34. The van der Waals surface area contributed by atoms with Crippen LogP contribution in [0.25, 0.3) is 10.8 Å². The van der Waals surface area contributed by atoms with Crippen LogP contribution in [0.15, 0.2) is 59.7 Å². The zero-order valence-corrected chi connectivity index (χ0v) is 14.9. The highest BCUT2D eigenvalue weighted by Crippen LogP contribution is 2.27. The predicted octanol–water partition coefficient (Wildman–Crippen LogP) is 4.17. The molecule has 0 aliphatic heterocycles. The maximum Gasteiger partial charge on any atom is 0.288 e. The summed E-state index contributed by atoms with van der Waals surface area (Å²) in [5.41, 5.74) is 2.89. The van der Waals surface area contributed by atoms with Crippen molar-refractivity contribution in [3.63, 3.8) is 0 Å². The minimum Gasteiger partial charge on any atom is -0.496 e. The van der Waals surface area contributed by atoms with Crippen LogP contribution in [0.5, 0.6) is 5.75 Å². The zero-order valence-electron chi connectivity index (χ0n) is 14.2. The maximum atomic E-state index is 12.2. The summed E-state index contributed by atoms with van der Waals surface area (Å²) >= 11 is 5.75. The first-order chi connectivity index (χ1) is 13.0. The van der Waals surface area contributed by atoms with Crippen LogP contribution < -0.4 is 10.2 Å². The Morgan fingerprint density at radius 1 is 1.19 bits per heavy atom. The van der Waals surface area contributed by atoms with Crippen molar-refractivity contribution in [2.24, 2.45) is 5.10 Å². The first-order valence-electron chi connectivity index (χ1n) is 7.84. The van der Waals surface area contributed by atoms with E-state index in [9.17, 15) is 14.9 Å². The average Bonchev–Trinajstić information content (AvgIpc) is 2.68. The van der Waals surface area contributed by atoms with Crippen LogP contribution in [0.4, 0.5) is 5.69 Å². The Balaban J connectivity index is 1.82. The second-order valence-electron chi connectivity index (χ2n) is 5.53. The van der Waals surface area contributed by atoms with E-state index < -0.39 is 10.8 Å². The monoisotopic (exact) mass is 383 g/mol. The number of hydrogen-bond acceptors (Lipinski definition) is 5. The number of halogens is 1. The standard InChI is InChI=1S/C19H14ClN3O4/c1-27-18-9-7-13(14-4-2-3-5-15(14)18)11-21-22-19(24)12-6-8-16(20)17(10-12)23(25)26/h2-11H,1H3,(H,22,24). The summed E-state index contributed by atoms with van der Waals surface area (Å²) in [4.78, 5) is 22.4. The second kappa shape index (κ2) is 7.84. The van der Waals surface area contributed by atoms with E-state index in [2.05, 4.69) is 10.5 Å². The topological polar surface area (TPSA) is 93.8 Å². The molecule has 7 nitrogen and oxygen atoms in total. The molecule has 8 heteroatoms. The van der Waals surface area contributed by atoms with Crippen LogP contribution in [0.1, 0.15) is 15.9 Å². The molecule has 0 aromatic heterocycles. The van der Waals surface area contributed by atoms with Gasteiger partial charge in [-0.15, -0.1) is 0 Å².